The first-order valence-electron chi connectivity index (χ1n) is 10.5. The standard InChI is InChI=1S/C19H31N9O7/c1-9(20)15(31)26-11(3-2-4-24-19(21)22)16(32)27-12(6-14(29)30)17(33)28-13(18(34)35)5-10-7-23-8-25-10/h7-9,11-13H,2-6,20H2,1H3,(H,23,25)(H,26,31)(H,27,32)(H,28,33)(H,29,30)(H,34,35)(H4,21,22,24). The molecule has 4 unspecified atom stereocenters. The Kier molecular flexibility index (Phi) is 11.6. The third kappa shape index (κ3) is 11.0. The second kappa shape index (κ2) is 14.1. The maximum atomic E-state index is 12.8. The Morgan fingerprint density at radius 2 is 1.63 bits per heavy atom. The highest BCUT2D eigenvalue weighted by Crippen LogP contribution is 2.04. The molecule has 0 aliphatic heterocycles. The number of hydrogen-bond acceptors (Lipinski definition) is 8. The molecule has 3 amide bonds. The molecular formula is C19H31N9O7. The number of carboxylic acids is 2. The number of aromatic nitrogens is 2. The number of guanidine groups is 1. The van der Waals surface area contributed by atoms with E-state index in [1.54, 1.807) is 0 Å². The fourth-order valence-corrected chi connectivity index (χ4v) is 2.82. The molecule has 194 valence electrons. The lowest BCUT2D eigenvalue weighted by molar-refractivity contribution is -0.143. The summed E-state index contributed by atoms with van der Waals surface area (Å²) in [7, 11) is 0. The number of H-pyrrole nitrogens is 1. The molecule has 1 rings (SSSR count). The number of nitrogens with zero attached hydrogens (tertiary/aromatic N) is 2. The minimum absolute atomic E-state index is 0.0417. The van der Waals surface area contributed by atoms with Gasteiger partial charge in [0, 0.05) is 24.9 Å². The number of rotatable bonds is 15. The Hall–Kier alpha value is -4.21. The van der Waals surface area contributed by atoms with Gasteiger partial charge in [0.25, 0.3) is 0 Å². The summed E-state index contributed by atoms with van der Waals surface area (Å²) >= 11 is 0. The first-order chi connectivity index (χ1) is 16.4. The van der Waals surface area contributed by atoms with E-state index in [9.17, 15) is 34.2 Å². The minimum Gasteiger partial charge on any atom is -0.481 e. The summed E-state index contributed by atoms with van der Waals surface area (Å²) in [6.45, 7) is 1.54. The number of nitrogens with one attached hydrogen (secondary N) is 4. The Morgan fingerprint density at radius 3 is 2.14 bits per heavy atom. The van der Waals surface area contributed by atoms with Crippen molar-refractivity contribution in [3.8, 4) is 0 Å². The predicted octanol–water partition coefficient (Wildman–Crippen LogP) is -3.63. The third-order valence-electron chi connectivity index (χ3n) is 4.60. The van der Waals surface area contributed by atoms with Crippen LogP contribution in [0, 0.1) is 0 Å². The lowest BCUT2D eigenvalue weighted by Gasteiger charge is -2.24. The zero-order valence-corrected chi connectivity index (χ0v) is 19.1. The monoisotopic (exact) mass is 497 g/mol. The van der Waals surface area contributed by atoms with Gasteiger partial charge in [-0.1, -0.05) is 0 Å². The molecular weight excluding hydrogens is 466 g/mol. The highest BCUT2D eigenvalue weighted by atomic mass is 16.4. The van der Waals surface area contributed by atoms with Crippen LogP contribution in [-0.4, -0.2) is 86.5 Å². The number of carbonyl (C=O) groups is 5. The van der Waals surface area contributed by atoms with Crippen LogP contribution in [0.15, 0.2) is 17.5 Å². The summed E-state index contributed by atoms with van der Waals surface area (Å²) in [5, 5.41) is 25.5. The fourth-order valence-electron chi connectivity index (χ4n) is 2.82. The molecule has 16 heteroatoms. The van der Waals surface area contributed by atoms with Gasteiger partial charge < -0.3 is 48.3 Å². The van der Waals surface area contributed by atoms with Gasteiger partial charge in [0.2, 0.25) is 17.7 Å². The molecule has 1 heterocycles. The number of carbonyl (C=O) groups excluding carboxylic acids is 3. The Labute approximate surface area is 200 Å². The van der Waals surface area contributed by atoms with E-state index in [0.29, 0.717) is 5.69 Å². The number of imidazole rings is 1. The van der Waals surface area contributed by atoms with Crippen molar-refractivity contribution < 1.29 is 34.2 Å². The summed E-state index contributed by atoms with van der Waals surface area (Å²) in [5.41, 5.74) is 16.4. The molecule has 0 radical (unpaired) electrons. The molecule has 0 spiro atoms. The van der Waals surface area contributed by atoms with Crippen LogP contribution in [-0.2, 0) is 30.4 Å². The lowest BCUT2D eigenvalue weighted by Crippen LogP contribution is -2.57. The van der Waals surface area contributed by atoms with Crippen molar-refractivity contribution in [2.24, 2.45) is 22.2 Å². The average Bonchev–Trinajstić information content (AvgIpc) is 3.27. The number of amides is 3. The lowest BCUT2D eigenvalue weighted by atomic mass is 10.1. The second-order valence-electron chi connectivity index (χ2n) is 7.64. The predicted molar refractivity (Wildman–Crippen MR) is 122 cm³/mol. The van der Waals surface area contributed by atoms with E-state index >= 15 is 0 Å². The fraction of sp³-hybridized carbons (Fsp3) is 0.526. The van der Waals surface area contributed by atoms with Gasteiger partial charge in [0.15, 0.2) is 5.96 Å². The number of hydrogen-bond donors (Lipinski definition) is 9. The molecule has 0 saturated carbocycles. The molecule has 0 aromatic carbocycles. The SMILES string of the molecule is CC(N)C(=O)NC(CCCN=C(N)N)C(=O)NC(CC(=O)O)C(=O)NC(Cc1cnc[nH]1)C(=O)O. The van der Waals surface area contributed by atoms with Crippen molar-refractivity contribution >= 4 is 35.6 Å². The Balaban J connectivity index is 2.97. The van der Waals surface area contributed by atoms with Crippen LogP contribution in [0.1, 0.15) is 31.9 Å². The van der Waals surface area contributed by atoms with Gasteiger partial charge in [-0.25, -0.2) is 9.78 Å². The van der Waals surface area contributed by atoms with E-state index in [0.717, 1.165) is 0 Å². The topological polar surface area (TPSA) is 281 Å². The number of nitrogens with two attached hydrogens (primary N) is 3. The molecule has 1 aromatic heterocycles. The van der Waals surface area contributed by atoms with Gasteiger partial charge in [0.05, 0.1) is 18.8 Å². The van der Waals surface area contributed by atoms with E-state index in [1.165, 1.54) is 19.4 Å². The number of aliphatic imine (C=N–C) groups is 1. The molecule has 0 bridgehead atoms. The highest BCUT2D eigenvalue weighted by Gasteiger charge is 2.31. The van der Waals surface area contributed by atoms with Crippen molar-refractivity contribution in [3.63, 3.8) is 0 Å². The largest absolute Gasteiger partial charge is 0.481 e. The molecule has 0 aliphatic carbocycles. The summed E-state index contributed by atoms with van der Waals surface area (Å²) in [6, 6.07) is -5.19. The first-order valence-corrected chi connectivity index (χ1v) is 10.5. The third-order valence-corrected chi connectivity index (χ3v) is 4.60. The molecule has 35 heavy (non-hydrogen) atoms. The van der Waals surface area contributed by atoms with E-state index in [-0.39, 0.29) is 31.8 Å². The zero-order valence-electron chi connectivity index (χ0n) is 19.1. The van der Waals surface area contributed by atoms with Crippen LogP contribution in [0.2, 0.25) is 0 Å². The van der Waals surface area contributed by atoms with Crippen molar-refractivity contribution in [2.75, 3.05) is 6.54 Å². The van der Waals surface area contributed by atoms with Gasteiger partial charge in [-0.3, -0.25) is 24.2 Å². The number of carboxylic acid groups (broad SMARTS) is 2. The number of aromatic amines is 1. The summed E-state index contributed by atoms with van der Waals surface area (Å²) in [4.78, 5) is 70.7. The van der Waals surface area contributed by atoms with Crippen LogP contribution < -0.4 is 33.2 Å². The molecule has 16 nitrogen and oxygen atoms in total. The first kappa shape index (κ1) is 28.8. The normalized spacial score (nSPS) is 14.0. The van der Waals surface area contributed by atoms with Crippen LogP contribution in [0.5, 0.6) is 0 Å². The van der Waals surface area contributed by atoms with Gasteiger partial charge in [0.1, 0.15) is 18.1 Å². The quantitative estimate of drug-likeness (QED) is 0.0647. The van der Waals surface area contributed by atoms with Gasteiger partial charge in [-0.05, 0) is 19.8 Å². The van der Waals surface area contributed by atoms with Gasteiger partial charge in [-0.15, -0.1) is 0 Å². The van der Waals surface area contributed by atoms with Crippen LogP contribution in [0.3, 0.4) is 0 Å². The smallest absolute Gasteiger partial charge is 0.326 e. The van der Waals surface area contributed by atoms with Crippen molar-refractivity contribution in [1.29, 1.82) is 0 Å². The summed E-state index contributed by atoms with van der Waals surface area (Å²) in [6.07, 6.45) is 2.00. The molecule has 0 aliphatic rings. The molecule has 0 fully saturated rings. The van der Waals surface area contributed by atoms with E-state index < -0.39 is 60.2 Å². The summed E-state index contributed by atoms with van der Waals surface area (Å²) in [5.74, 6) is -5.52. The van der Waals surface area contributed by atoms with Crippen molar-refractivity contribution in [2.45, 2.75) is 56.8 Å². The molecule has 12 N–H and O–H groups in total. The second-order valence-corrected chi connectivity index (χ2v) is 7.64. The van der Waals surface area contributed by atoms with Gasteiger partial charge >= 0.3 is 11.9 Å². The molecule has 0 saturated heterocycles. The van der Waals surface area contributed by atoms with Crippen LogP contribution >= 0.6 is 0 Å². The van der Waals surface area contributed by atoms with E-state index in [4.69, 9.17) is 17.2 Å². The minimum atomic E-state index is -1.63. The van der Waals surface area contributed by atoms with Crippen molar-refractivity contribution in [1.82, 2.24) is 25.9 Å². The van der Waals surface area contributed by atoms with E-state index in [1.807, 2.05) is 0 Å². The summed E-state index contributed by atoms with van der Waals surface area (Å²) < 4.78 is 0. The van der Waals surface area contributed by atoms with Gasteiger partial charge in [-0.2, -0.15) is 0 Å². The van der Waals surface area contributed by atoms with E-state index in [2.05, 4.69) is 30.9 Å². The number of aliphatic carboxylic acids is 2. The highest BCUT2D eigenvalue weighted by molar-refractivity contribution is 5.95. The van der Waals surface area contributed by atoms with Crippen LogP contribution in [0.25, 0.3) is 0 Å². The Morgan fingerprint density at radius 1 is 1.03 bits per heavy atom. The zero-order chi connectivity index (χ0) is 26.5. The average molecular weight is 498 g/mol. The van der Waals surface area contributed by atoms with Crippen molar-refractivity contribution in [3.05, 3.63) is 18.2 Å². The Bertz CT molecular complexity index is 914. The van der Waals surface area contributed by atoms with Crippen LogP contribution in [0.4, 0.5) is 0 Å². The molecule has 4 atom stereocenters. The maximum Gasteiger partial charge on any atom is 0.326 e. The maximum absolute atomic E-state index is 12.8. The molecule has 1 aromatic rings.